The Morgan fingerprint density at radius 2 is 0.310 bits per heavy atom. The summed E-state index contributed by atoms with van der Waals surface area (Å²) in [5.74, 6) is 0. The second-order valence-electron chi connectivity index (χ2n) is 15.0. The number of rotatable bonds is 8. The number of hydrogen-bond acceptors (Lipinski definition) is 0. The molecule has 272 valence electrons. The van der Waals surface area contributed by atoms with Crippen LogP contribution in [0.3, 0.4) is 0 Å². The molecule has 0 N–H and O–H groups in total. The van der Waals surface area contributed by atoms with Crippen molar-refractivity contribution < 1.29 is 0 Å². The van der Waals surface area contributed by atoms with Gasteiger partial charge in [-0.05, 0) is 148 Å². The summed E-state index contributed by atoms with van der Waals surface area (Å²) >= 11 is 0. The van der Waals surface area contributed by atoms with E-state index in [9.17, 15) is 0 Å². The van der Waals surface area contributed by atoms with Crippen molar-refractivity contribution in [2.45, 2.75) is 0 Å². The molecule has 0 aliphatic rings. The van der Waals surface area contributed by atoms with E-state index in [1.165, 1.54) is 99.8 Å². The molecule has 0 unspecified atom stereocenters. The third-order valence-electron chi connectivity index (χ3n) is 11.2. The Hall–Kier alpha value is -7.54. The molecule has 0 spiro atoms. The van der Waals surface area contributed by atoms with Gasteiger partial charge in [0.25, 0.3) is 0 Å². The summed E-state index contributed by atoms with van der Waals surface area (Å²) in [7, 11) is 0. The first kappa shape index (κ1) is 34.9. The van der Waals surface area contributed by atoms with Gasteiger partial charge >= 0.3 is 0 Å². The van der Waals surface area contributed by atoms with Gasteiger partial charge in [-0.15, -0.1) is 0 Å². The first-order chi connectivity index (χ1) is 28.7. The SMILES string of the molecule is c1ccc(-c2cc(-c3ccccc3)cc(-c3ccc(-c4ccc5cc(-c6ccc(-c7cc(-c8ccccc8)cc(-c8ccccc8)c7)cc6)ccc5c4)cc3)c2)cc1. The van der Waals surface area contributed by atoms with Crippen molar-refractivity contribution in [1.82, 2.24) is 0 Å². The third-order valence-corrected chi connectivity index (χ3v) is 11.2. The summed E-state index contributed by atoms with van der Waals surface area (Å²) in [5.41, 5.74) is 19.4. The Balaban J connectivity index is 0.914. The van der Waals surface area contributed by atoms with E-state index >= 15 is 0 Å². The number of fused-ring (bicyclic) bond motifs is 1. The van der Waals surface area contributed by atoms with Gasteiger partial charge in [-0.1, -0.05) is 194 Å². The van der Waals surface area contributed by atoms with Crippen LogP contribution in [0.1, 0.15) is 0 Å². The topological polar surface area (TPSA) is 0 Å². The molecule has 0 saturated heterocycles. The lowest BCUT2D eigenvalue weighted by Gasteiger charge is -2.12. The highest BCUT2D eigenvalue weighted by Crippen LogP contribution is 2.37. The zero-order valence-electron chi connectivity index (χ0n) is 32.1. The molecule has 10 rings (SSSR count). The highest BCUT2D eigenvalue weighted by atomic mass is 14.2. The normalized spacial score (nSPS) is 11.1. The fourth-order valence-corrected chi connectivity index (χ4v) is 8.09. The molecule has 0 aliphatic heterocycles. The highest BCUT2D eigenvalue weighted by molar-refractivity contribution is 5.92. The Bertz CT molecular complexity index is 2660. The lowest BCUT2D eigenvalue weighted by molar-refractivity contribution is 1.56. The molecule has 0 saturated carbocycles. The van der Waals surface area contributed by atoms with Gasteiger partial charge in [-0.25, -0.2) is 0 Å². The predicted molar refractivity (Wildman–Crippen MR) is 247 cm³/mol. The van der Waals surface area contributed by atoms with Gasteiger partial charge in [0.05, 0.1) is 0 Å². The van der Waals surface area contributed by atoms with E-state index in [2.05, 4.69) is 243 Å². The highest BCUT2D eigenvalue weighted by Gasteiger charge is 2.11. The van der Waals surface area contributed by atoms with E-state index in [4.69, 9.17) is 0 Å². The molecule has 0 aliphatic carbocycles. The number of hydrogen-bond donors (Lipinski definition) is 0. The summed E-state index contributed by atoms with van der Waals surface area (Å²) < 4.78 is 0. The van der Waals surface area contributed by atoms with Crippen LogP contribution in [0.4, 0.5) is 0 Å². The van der Waals surface area contributed by atoms with E-state index < -0.39 is 0 Å². The molecule has 0 amide bonds. The lowest BCUT2D eigenvalue weighted by Crippen LogP contribution is -1.87. The summed E-state index contributed by atoms with van der Waals surface area (Å²) in [5, 5.41) is 2.47. The molecule has 0 nitrogen and oxygen atoms in total. The van der Waals surface area contributed by atoms with Crippen molar-refractivity contribution >= 4 is 10.8 Å². The molecule has 0 bridgehead atoms. The first-order valence-corrected chi connectivity index (χ1v) is 20.0. The van der Waals surface area contributed by atoms with Crippen LogP contribution in [-0.4, -0.2) is 0 Å². The molecule has 0 heteroatoms. The van der Waals surface area contributed by atoms with Gasteiger partial charge in [0.15, 0.2) is 0 Å². The van der Waals surface area contributed by atoms with Crippen LogP contribution in [0.25, 0.3) is 99.8 Å². The molecule has 0 aromatic heterocycles. The maximum absolute atomic E-state index is 2.31. The lowest BCUT2D eigenvalue weighted by atomic mass is 9.92. The van der Waals surface area contributed by atoms with Gasteiger partial charge in [0, 0.05) is 0 Å². The van der Waals surface area contributed by atoms with Crippen LogP contribution >= 0.6 is 0 Å². The Kier molecular flexibility index (Phi) is 9.35. The summed E-state index contributed by atoms with van der Waals surface area (Å²) in [6.07, 6.45) is 0. The minimum absolute atomic E-state index is 1.20. The van der Waals surface area contributed by atoms with Gasteiger partial charge in [0.2, 0.25) is 0 Å². The van der Waals surface area contributed by atoms with Crippen LogP contribution in [0.15, 0.2) is 243 Å². The van der Waals surface area contributed by atoms with Crippen molar-refractivity contribution in [3.8, 4) is 89.0 Å². The van der Waals surface area contributed by atoms with E-state index in [1.54, 1.807) is 0 Å². The predicted octanol–water partition coefficient (Wildman–Crippen LogP) is 16.2. The quantitative estimate of drug-likeness (QED) is 0.146. The maximum atomic E-state index is 2.31. The zero-order valence-corrected chi connectivity index (χ0v) is 32.1. The summed E-state index contributed by atoms with van der Waals surface area (Å²) in [6, 6.07) is 88.1. The van der Waals surface area contributed by atoms with Crippen LogP contribution in [-0.2, 0) is 0 Å². The maximum Gasteiger partial charge on any atom is -0.0172 e. The van der Waals surface area contributed by atoms with E-state index in [1.807, 2.05) is 0 Å². The molecular formula is C58H40. The largest absolute Gasteiger partial charge is 0.0622 e. The Morgan fingerprint density at radius 3 is 0.552 bits per heavy atom. The average Bonchev–Trinajstić information content (AvgIpc) is 3.32. The second kappa shape index (κ2) is 15.5. The van der Waals surface area contributed by atoms with Gasteiger partial charge in [-0.3, -0.25) is 0 Å². The van der Waals surface area contributed by atoms with Gasteiger partial charge < -0.3 is 0 Å². The molecule has 0 atom stereocenters. The summed E-state index contributed by atoms with van der Waals surface area (Å²) in [4.78, 5) is 0. The molecule has 0 fully saturated rings. The van der Waals surface area contributed by atoms with Crippen molar-refractivity contribution in [3.05, 3.63) is 243 Å². The van der Waals surface area contributed by atoms with Gasteiger partial charge in [-0.2, -0.15) is 0 Å². The van der Waals surface area contributed by atoms with Crippen LogP contribution in [0.5, 0.6) is 0 Å². The zero-order chi connectivity index (χ0) is 38.7. The van der Waals surface area contributed by atoms with Crippen molar-refractivity contribution in [2.75, 3.05) is 0 Å². The Morgan fingerprint density at radius 1 is 0.121 bits per heavy atom. The summed E-state index contributed by atoms with van der Waals surface area (Å²) in [6.45, 7) is 0. The molecule has 58 heavy (non-hydrogen) atoms. The molecule has 10 aromatic carbocycles. The second-order valence-corrected chi connectivity index (χ2v) is 15.0. The van der Waals surface area contributed by atoms with Crippen LogP contribution in [0.2, 0.25) is 0 Å². The fourth-order valence-electron chi connectivity index (χ4n) is 8.09. The molecule has 10 aromatic rings. The smallest absolute Gasteiger partial charge is 0.0172 e. The minimum Gasteiger partial charge on any atom is -0.0622 e. The van der Waals surface area contributed by atoms with Crippen molar-refractivity contribution in [2.24, 2.45) is 0 Å². The molecular weight excluding hydrogens is 697 g/mol. The fraction of sp³-hybridized carbons (Fsp3) is 0. The van der Waals surface area contributed by atoms with Crippen molar-refractivity contribution in [3.63, 3.8) is 0 Å². The van der Waals surface area contributed by atoms with E-state index in [-0.39, 0.29) is 0 Å². The van der Waals surface area contributed by atoms with Crippen LogP contribution < -0.4 is 0 Å². The van der Waals surface area contributed by atoms with Crippen LogP contribution in [0, 0.1) is 0 Å². The van der Waals surface area contributed by atoms with E-state index in [0.717, 1.165) is 0 Å². The minimum atomic E-state index is 1.20. The Labute approximate surface area is 341 Å². The molecule has 0 radical (unpaired) electrons. The first-order valence-electron chi connectivity index (χ1n) is 20.0. The third kappa shape index (κ3) is 7.28. The average molecular weight is 737 g/mol. The van der Waals surface area contributed by atoms with E-state index in [0.29, 0.717) is 0 Å². The monoisotopic (exact) mass is 736 g/mol. The molecule has 0 heterocycles. The van der Waals surface area contributed by atoms with Gasteiger partial charge in [0.1, 0.15) is 0 Å². The standard InChI is InChI=1S/C58H40/c1-5-13-41(14-6-1)53-35-54(42-15-7-2-8-16-42)38-57(37-53)47-25-21-45(22-26-47)49-29-31-52-34-50(30-32-51(52)33-49)46-23-27-48(28-24-46)58-39-55(43-17-9-3-10-18-43)36-56(40-58)44-19-11-4-12-20-44/h1-40H. The van der Waals surface area contributed by atoms with Crippen molar-refractivity contribution in [1.29, 1.82) is 0 Å². The number of benzene rings is 10.